The quantitative estimate of drug-likeness (QED) is 0.829. The van der Waals surface area contributed by atoms with Crippen LogP contribution in [0.15, 0.2) is 0 Å². The summed E-state index contributed by atoms with van der Waals surface area (Å²) in [7, 11) is 1.61. The highest BCUT2D eigenvalue weighted by molar-refractivity contribution is 5.83. The molecule has 0 aliphatic carbocycles. The van der Waals surface area contributed by atoms with Crippen LogP contribution in [0.2, 0.25) is 0 Å². The Morgan fingerprint density at radius 2 is 2.00 bits per heavy atom. The number of methoxy groups -OCH3 is 1. The van der Waals surface area contributed by atoms with Gasteiger partial charge < -0.3 is 14.7 Å². The van der Waals surface area contributed by atoms with E-state index in [4.69, 9.17) is 4.74 Å². The van der Waals surface area contributed by atoms with Crippen LogP contribution in [0.25, 0.3) is 0 Å². The van der Waals surface area contributed by atoms with Crippen molar-refractivity contribution in [1.82, 2.24) is 4.90 Å². The lowest BCUT2D eigenvalue weighted by molar-refractivity contribution is -0.151. The average molecular weight is 271 g/mol. The van der Waals surface area contributed by atoms with Crippen LogP contribution in [0.5, 0.6) is 0 Å². The lowest BCUT2D eigenvalue weighted by atomic mass is 10.00. The topological polar surface area (TPSA) is 66.8 Å². The molecule has 1 heterocycles. The van der Waals surface area contributed by atoms with E-state index in [0.717, 1.165) is 25.7 Å². The number of rotatable bonds is 5. The minimum Gasteiger partial charge on any atom is -0.480 e. The molecule has 0 bridgehead atoms. The van der Waals surface area contributed by atoms with Gasteiger partial charge in [0, 0.05) is 26.7 Å². The van der Waals surface area contributed by atoms with Crippen LogP contribution in [0.4, 0.5) is 0 Å². The number of carbonyl (C=O) groups is 2. The molecule has 2 unspecified atom stereocenters. The first-order valence-corrected chi connectivity index (χ1v) is 7.07. The molecule has 5 heteroatoms. The number of ether oxygens (including phenoxy) is 1. The summed E-state index contributed by atoms with van der Waals surface area (Å²) >= 11 is 0. The van der Waals surface area contributed by atoms with Crippen molar-refractivity contribution in [2.24, 2.45) is 5.92 Å². The van der Waals surface area contributed by atoms with Gasteiger partial charge in [0.2, 0.25) is 5.91 Å². The molecular weight excluding hydrogens is 246 g/mol. The van der Waals surface area contributed by atoms with Crippen LogP contribution in [0.3, 0.4) is 0 Å². The molecule has 2 atom stereocenters. The van der Waals surface area contributed by atoms with E-state index in [9.17, 15) is 14.7 Å². The summed E-state index contributed by atoms with van der Waals surface area (Å²) in [6.45, 7) is 3.04. The highest BCUT2D eigenvalue weighted by Crippen LogP contribution is 2.19. The van der Waals surface area contributed by atoms with E-state index in [-0.39, 0.29) is 11.8 Å². The molecule has 1 fully saturated rings. The third-order valence-corrected chi connectivity index (χ3v) is 3.58. The number of carbonyl (C=O) groups excluding carboxylic acids is 1. The Hall–Kier alpha value is -1.10. The third kappa shape index (κ3) is 5.19. The zero-order chi connectivity index (χ0) is 14.3. The Labute approximate surface area is 114 Å². The number of nitrogens with zero attached hydrogens (tertiary/aromatic N) is 1. The molecule has 0 spiro atoms. The van der Waals surface area contributed by atoms with Crippen molar-refractivity contribution in [2.75, 3.05) is 20.3 Å². The molecule has 1 rings (SSSR count). The monoisotopic (exact) mass is 271 g/mol. The molecule has 1 N–H and O–H groups in total. The van der Waals surface area contributed by atoms with Gasteiger partial charge >= 0.3 is 5.97 Å². The van der Waals surface area contributed by atoms with Crippen LogP contribution in [0.1, 0.15) is 45.4 Å². The van der Waals surface area contributed by atoms with Crippen molar-refractivity contribution in [1.29, 1.82) is 0 Å². The maximum absolute atomic E-state index is 12.3. The second-order valence-corrected chi connectivity index (χ2v) is 5.41. The highest BCUT2D eigenvalue weighted by atomic mass is 16.5. The maximum atomic E-state index is 12.3. The Morgan fingerprint density at radius 3 is 2.63 bits per heavy atom. The van der Waals surface area contributed by atoms with Crippen molar-refractivity contribution >= 4 is 11.9 Å². The van der Waals surface area contributed by atoms with Gasteiger partial charge in [0.05, 0.1) is 0 Å². The predicted octanol–water partition coefficient (Wildman–Crippen LogP) is 1.90. The number of amides is 1. The molecule has 1 saturated heterocycles. The van der Waals surface area contributed by atoms with Crippen LogP contribution in [-0.4, -0.2) is 48.2 Å². The van der Waals surface area contributed by atoms with E-state index < -0.39 is 12.0 Å². The highest BCUT2D eigenvalue weighted by Gasteiger charge is 2.30. The van der Waals surface area contributed by atoms with E-state index in [1.54, 1.807) is 12.0 Å². The van der Waals surface area contributed by atoms with Gasteiger partial charge in [0.15, 0.2) is 0 Å². The smallest absolute Gasteiger partial charge is 0.326 e. The Bertz CT molecular complexity index is 306. The van der Waals surface area contributed by atoms with E-state index >= 15 is 0 Å². The zero-order valence-corrected chi connectivity index (χ0v) is 11.9. The van der Waals surface area contributed by atoms with Gasteiger partial charge in [-0.1, -0.05) is 26.2 Å². The lowest BCUT2D eigenvalue weighted by Crippen LogP contribution is -2.46. The van der Waals surface area contributed by atoms with Crippen molar-refractivity contribution in [3.63, 3.8) is 0 Å². The standard InChI is InChI=1S/C14H25NO4/c1-11(10-19-2)9-13(16)15-8-6-4-3-5-7-12(15)14(17)18/h11-12H,3-10H2,1-2H3,(H,17,18). The fraction of sp³-hybridized carbons (Fsp3) is 0.857. The largest absolute Gasteiger partial charge is 0.480 e. The third-order valence-electron chi connectivity index (χ3n) is 3.58. The zero-order valence-electron chi connectivity index (χ0n) is 11.9. The van der Waals surface area contributed by atoms with E-state index in [1.807, 2.05) is 6.92 Å². The molecule has 1 aliphatic rings. The average Bonchev–Trinajstić information content (AvgIpc) is 2.27. The molecule has 19 heavy (non-hydrogen) atoms. The molecule has 0 saturated carbocycles. The molecule has 0 aromatic carbocycles. The second kappa shape index (κ2) is 8.15. The summed E-state index contributed by atoms with van der Waals surface area (Å²) in [6, 6.07) is -0.650. The minimum absolute atomic E-state index is 0.0566. The van der Waals surface area contributed by atoms with Gasteiger partial charge in [0.25, 0.3) is 0 Å². The van der Waals surface area contributed by atoms with Gasteiger partial charge in [-0.15, -0.1) is 0 Å². The summed E-state index contributed by atoms with van der Waals surface area (Å²) in [5, 5.41) is 9.29. The van der Waals surface area contributed by atoms with Gasteiger partial charge in [-0.05, 0) is 18.8 Å². The van der Waals surface area contributed by atoms with E-state index in [2.05, 4.69) is 0 Å². The first-order chi connectivity index (χ1) is 9.06. The fourth-order valence-corrected chi connectivity index (χ4v) is 2.60. The van der Waals surface area contributed by atoms with Crippen LogP contribution >= 0.6 is 0 Å². The maximum Gasteiger partial charge on any atom is 0.326 e. The van der Waals surface area contributed by atoms with Crippen molar-refractivity contribution < 1.29 is 19.4 Å². The SMILES string of the molecule is COCC(C)CC(=O)N1CCCCCCC1C(=O)O. The number of carboxylic acid groups (broad SMARTS) is 1. The molecule has 0 aromatic rings. The second-order valence-electron chi connectivity index (χ2n) is 5.41. The number of hydrogen-bond acceptors (Lipinski definition) is 3. The van der Waals surface area contributed by atoms with Gasteiger partial charge in [-0.2, -0.15) is 0 Å². The molecule has 110 valence electrons. The van der Waals surface area contributed by atoms with Crippen LogP contribution < -0.4 is 0 Å². The number of aliphatic carboxylic acids is 1. The Balaban J connectivity index is 2.66. The van der Waals surface area contributed by atoms with E-state index in [0.29, 0.717) is 26.0 Å². The first kappa shape index (κ1) is 16.0. The summed E-state index contributed by atoms with van der Waals surface area (Å²) < 4.78 is 5.02. The Kier molecular flexibility index (Phi) is 6.84. The van der Waals surface area contributed by atoms with E-state index in [1.165, 1.54) is 0 Å². The van der Waals surface area contributed by atoms with Crippen molar-refractivity contribution in [3.05, 3.63) is 0 Å². The number of carboxylic acids is 1. The number of hydrogen-bond donors (Lipinski definition) is 1. The summed E-state index contributed by atoms with van der Waals surface area (Å²) in [6.07, 6.45) is 4.84. The summed E-state index contributed by atoms with van der Waals surface area (Å²) in [5.74, 6) is -0.814. The number of likely N-dealkylation sites (tertiary alicyclic amines) is 1. The first-order valence-electron chi connectivity index (χ1n) is 7.07. The molecule has 5 nitrogen and oxygen atoms in total. The lowest BCUT2D eigenvalue weighted by Gasteiger charge is -2.31. The molecule has 1 aliphatic heterocycles. The predicted molar refractivity (Wildman–Crippen MR) is 71.9 cm³/mol. The van der Waals surface area contributed by atoms with Crippen molar-refractivity contribution in [3.8, 4) is 0 Å². The molecule has 1 amide bonds. The van der Waals surface area contributed by atoms with Gasteiger partial charge in [-0.25, -0.2) is 4.79 Å². The van der Waals surface area contributed by atoms with Crippen molar-refractivity contribution in [2.45, 2.75) is 51.5 Å². The normalized spacial score (nSPS) is 22.4. The summed E-state index contributed by atoms with van der Waals surface area (Å²) in [4.78, 5) is 25.2. The van der Waals surface area contributed by atoms with Crippen LogP contribution in [-0.2, 0) is 14.3 Å². The van der Waals surface area contributed by atoms with Crippen LogP contribution in [0, 0.1) is 5.92 Å². The fourth-order valence-electron chi connectivity index (χ4n) is 2.60. The summed E-state index contributed by atoms with van der Waals surface area (Å²) in [5.41, 5.74) is 0. The molecule has 0 radical (unpaired) electrons. The Morgan fingerprint density at radius 1 is 1.32 bits per heavy atom. The molecule has 0 aromatic heterocycles. The van der Waals surface area contributed by atoms with Gasteiger partial charge in [-0.3, -0.25) is 4.79 Å². The minimum atomic E-state index is -0.880. The van der Waals surface area contributed by atoms with Gasteiger partial charge in [0.1, 0.15) is 6.04 Å². The molecular formula is C14H25NO4.